The normalized spacial score (nSPS) is 18.7. The average molecular weight is 473 g/mol. The maximum Gasteiger partial charge on any atom is 0.265 e. The van der Waals surface area contributed by atoms with Crippen molar-refractivity contribution in [1.29, 1.82) is 0 Å². The Morgan fingerprint density at radius 3 is 2.36 bits per heavy atom. The van der Waals surface area contributed by atoms with Crippen molar-refractivity contribution in [2.75, 3.05) is 36.8 Å². The van der Waals surface area contributed by atoms with Gasteiger partial charge in [0.2, 0.25) is 15.9 Å². The molecule has 174 valence electrons. The molecule has 0 aliphatic carbocycles. The highest BCUT2D eigenvalue weighted by atomic mass is 32.2. The van der Waals surface area contributed by atoms with Gasteiger partial charge in [0.1, 0.15) is 5.75 Å². The van der Waals surface area contributed by atoms with E-state index >= 15 is 0 Å². The number of ether oxygens (including phenoxy) is 1. The van der Waals surface area contributed by atoms with Gasteiger partial charge in [0.15, 0.2) is 6.10 Å². The third-order valence-corrected chi connectivity index (χ3v) is 7.39. The summed E-state index contributed by atoms with van der Waals surface area (Å²) < 4.78 is 33.1. The minimum atomic E-state index is -3.81. The van der Waals surface area contributed by atoms with E-state index in [1.807, 2.05) is 0 Å². The van der Waals surface area contributed by atoms with E-state index in [1.165, 1.54) is 29.4 Å². The number of hydrogen-bond acceptors (Lipinski definition) is 6. The number of carbonyl (C=O) groups excluding carboxylic acids is 3. The summed E-state index contributed by atoms with van der Waals surface area (Å²) in [7, 11) is -3.81. The Labute approximate surface area is 191 Å². The Kier molecular flexibility index (Phi) is 6.09. The van der Waals surface area contributed by atoms with E-state index in [-0.39, 0.29) is 48.8 Å². The fourth-order valence-corrected chi connectivity index (χ4v) is 5.16. The topological polar surface area (TPSA) is 125 Å². The number of nitrogens with one attached hydrogen (secondary N) is 2. The number of piperazine rings is 1. The fraction of sp³-hybridized carbons (Fsp3) is 0.318. The molecule has 4 rings (SSSR count). The molecule has 2 aromatic rings. The maximum absolute atomic E-state index is 13.1. The van der Waals surface area contributed by atoms with Gasteiger partial charge in [-0.2, -0.15) is 4.31 Å². The van der Waals surface area contributed by atoms with Crippen molar-refractivity contribution >= 4 is 39.1 Å². The zero-order chi connectivity index (χ0) is 23.8. The molecule has 1 saturated heterocycles. The lowest BCUT2D eigenvalue weighted by Gasteiger charge is -2.34. The zero-order valence-electron chi connectivity index (χ0n) is 18.2. The van der Waals surface area contributed by atoms with E-state index in [0.29, 0.717) is 22.7 Å². The molecule has 2 heterocycles. The number of hydrogen-bond donors (Lipinski definition) is 2. The molecule has 2 aliphatic heterocycles. The van der Waals surface area contributed by atoms with Crippen LogP contribution in [0.25, 0.3) is 0 Å². The lowest BCUT2D eigenvalue weighted by atomic mass is 10.1. The first kappa shape index (κ1) is 22.7. The first-order chi connectivity index (χ1) is 15.6. The van der Waals surface area contributed by atoms with Crippen LogP contribution in [0.5, 0.6) is 5.75 Å². The first-order valence-electron chi connectivity index (χ1n) is 10.4. The molecule has 2 aromatic carbocycles. The second-order valence-electron chi connectivity index (χ2n) is 7.86. The van der Waals surface area contributed by atoms with Crippen molar-refractivity contribution in [3.05, 3.63) is 48.0 Å². The van der Waals surface area contributed by atoms with Gasteiger partial charge in [0, 0.05) is 44.4 Å². The standard InChI is InChI=1S/C22H24N4O6S/c1-14-21(28)24-19-13-18(7-8-20(19)32-14)33(30,31)26-11-9-25(10-12-26)22(29)16-3-5-17(6-4-16)23-15(2)27/h3-8,13-14H,9-12H2,1-2H3,(H,23,27)(H,24,28). The molecule has 2 aliphatic rings. The summed E-state index contributed by atoms with van der Waals surface area (Å²) in [5.74, 6) is -0.325. The summed E-state index contributed by atoms with van der Waals surface area (Å²) in [6.45, 7) is 3.80. The first-order valence-corrected chi connectivity index (χ1v) is 11.9. The highest BCUT2D eigenvalue weighted by Crippen LogP contribution is 2.33. The summed E-state index contributed by atoms with van der Waals surface area (Å²) in [5, 5.41) is 5.30. The van der Waals surface area contributed by atoms with Gasteiger partial charge in [0.05, 0.1) is 10.6 Å². The predicted molar refractivity (Wildman–Crippen MR) is 121 cm³/mol. The average Bonchev–Trinajstić information content (AvgIpc) is 2.79. The van der Waals surface area contributed by atoms with Gasteiger partial charge in [0.25, 0.3) is 11.8 Å². The van der Waals surface area contributed by atoms with Crippen LogP contribution in [0.4, 0.5) is 11.4 Å². The molecule has 10 nitrogen and oxygen atoms in total. The van der Waals surface area contributed by atoms with E-state index in [1.54, 1.807) is 36.1 Å². The lowest BCUT2D eigenvalue weighted by Crippen LogP contribution is -2.50. The molecule has 0 aromatic heterocycles. The molecule has 3 amide bonds. The van der Waals surface area contributed by atoms with Gasteiger partial charge in [-0.05, 0) is 49.4 Å². The molecule has 0 radical (unpaired) electrons. The van der Waals surface area contributed by atoms with Crippen molar-refractivity contribution in [1.82, 2.24) is 9.21 Å². The van der Waals surface area contributed by atoms with Crippen LogP contribution in [0.15, 0.2) is 47.4 Å². The Bertz CT molecular complexity index is 1200. The van der Waals surface area contributed by atoms with Gasteiger partial charge in [-0.25, -0.2) is 8.42 Å². The molecular weight excluding hydrogens is 448 g/mol. The molecule has 33 heavy (non-hydrogen) atoms. The molecule has 1 unspecified atom stereocenters. The molecule has 1 atom stereocenters. The van der Waals surface area contributed by atoms with Crippen LogP contribution in [-0.2, 0) is 19.6 Å². The van der Waals surface area contributed by atoms with Crippen molar-refractivity contribution in [3.63, 3.8) is 0 Å². The predicted octanol–water partition coefficient (Wildman–Crippen LogP) is 1.51. The van der Waals surface area contributed by atoms with Crippen molar-refractivity contribution < 1.29 is 27.5 Å². The van der Waals surface area contributed by atoms with Crippen LogP contribution in [0.3, 0.4) is 0 Å². The highest BCUT2D eigenvalue weighted by molar-refractivity contribution is 7.89. The zero-order valence-corrected chi connectivity index (χ0v) is 19.0. The number of benzene rings is 2. The van der Waals surface area contributed by atoms with Gasteiger partial charge < -0.3 is 20.3 Å². The maximum atomic E-state index is 13.1. The largest absolute Gasteiger partial charge is 0.479 e. The fourth-order valence-electron chi connectivity index (χ4n) is 3.71. The van der Waals surface area contributed by atoms with Gasteiger partial charge in [-0.3, -0.25) is 14.4 Å². The number of amides is 3. The quantitative estimate of drug-likeness (QED) is 0.695. The minimum Gasteiger partial charge on any atom is -0.479 e. The summed E-state index contributed by atoms with van der Waals surface area (Å²) in [4.78, 5) is 37.4. The van der Waals surface area contributed by atoms with Gasteiger partial charge >= 0.3 is 0 Å². The number of rotatable bonds is 4. The van der Waals surface area contributed by atoms with Crippen LogP contribution in [-0.4, -0.2) is 67.6 Å². The summed E-state index contributed by atoms with van der Waals surface area (Å²) in [6.07, 6.45) is -0.646. The van der Waals surface area contributed by atoms with E-state index in [4.69, 9.17) is 4.74 Å². The van der Waals surface area contributed by atoms with Gasteiger partial charge in [-0.1, -0.05) is 0 Å². The number of anilines is 2. The second-order valence-corrected chi connectivity index (χ2v) is 9.80. The van der Waals surface area contributed by atoms with E-state index in [9.17, 15) is 22.8 Å². The van der Waals surface area contributed by atoms with Crippen LogP contribution in [0, 0.1) is 0 Å². The molecular formula is C22H24N4O6S. The summed E-state index contributed by atoms with van der Waals surface area (Å²) >= 11 is 0. The van der Waals surface area contributed by atoms with E-state index < -0.39 is 16.1 Å². The second kappa shape index (κ2) is 8.83. The Hall–Kier alpha value is -3.44. The minimum absolute atomic E-state index is 0.0491. The third kappa shape index (κ3) is 4.69. The highest BCUT2D eigenvalue weighted by Gasteiger charge is 2.32. The van der Waals surface area contributed by atoms with Crippen LogP contribution in [0.2, 0.25) is 0 Å². The molecule has 11 heteroatoms. The van der Waals surface area contributed by atoms with Crippen molar-refractivity contribution in [2.24, 2.45) is 0 Å². The summed E-state index contributed by atoms with van der Waals surface area (Å²) in [6, 6.07) is 10.9. The number of sulfonamides is 1. The van der Waals surface area contributed by atoms with Gasteiger partial charge in [-0.15, -0.1) is 0 Å². The monoisotopic (exact) mass is 472 g/mol. The smallest absolute Gasteiger partial charge is 0.265 e. The summed E-state index contributed by atoms with van der Waals surface area (Å²) in [5.41, 5.74) is 1.37. The van der Waals surface area contributed by atoms with Crippen LogP contribution < -0.4 is 15.4 Å². The van der Waals surface area contributed by atoms with E-state index in [2.05, 4.69) is 10.6 Å². The van der Waals surface area contributed by atoms with E-state index in [0.717, 1.165) is 0 Å². The molecule has 0 saturated carbocycles. The lowest BCUT2D eigenvalue weighted by molar-refractivity contribution is -0.122. The molecule has 2 N–H and O–H groups in total. The molecule has 0 spiro atoms. The Balaban J connectivity index is 1.42. The molecule has 0 bridgehead atoms. The van der Waals surface area contributed by atoms with Crippen molar-refractivity contribution in [2.45, 2.75) is 24.8 Å². The SMILES string of the molecule is CC(=O)Nc1ccc(C(=O)N2CCN(S(=O)(=O)c3ccc4c(c3)NC(=O)C(C)O4)CC2)cc1. The van der Waals surface area contributed by atoms with Crippen LogP contribution >= 0.6 is 0 Å². The van der Waals surface area contributed by atoms with Crippen molar-refractivity contribution in [3.8, 4) is 5.75 Å². The number of carbonyl (C=O) groups is 3. The third-order valence-electron chi connectivity index (χ3n) is 5.50. The Morgan fingerprint density at radius 2 is 1.73 bits per heavy atom. The Morgan fingerprint density at radius 1 is 1.06 bits per heavy atom. The number of nitrogens with zero attached hydrogens (tertiary/aromatic N) is 2. The van der Waals surface area contributed by atoms with Crippen LogP contribution in [0.1, 0.15) is 24.2 Å². The molecule has 1 fully saturated rings. The number of fused-ring (bicyclic) bond motifs is 1.